The fourth-order valence-corrected chi connectivity index (χ4v) is 2.56. The van der Waals surface area contributed by atoms with E-state index in [0.717, 1.165) is 6.42 Å². The average Bonchev–Trinajstić information content (AvgIpc) is 3.19. The molecule has 1 unspecified atom stereocenters. The number of carbonyl (C=O) groups is 2. The molecule has 28 heavy (non-hydrogen) atoms. The minimum atomic E-state index is -0.440. The fraction of sp³-hybridized carbons (Fsp3) is 0.190. The molecule has 0 fully saturated rings. The second kappa shape index (κ2) is 8.47. The first-order valence-electron chi connectivity index (χ1n) is 9.00. The van der Waals surface area contributed by atoms with Crippen LogP contribution in [0.5, 0.6) is 0 Å². The predicted octanol–water partition coefficient (Wildman–Crippen LogP) is 3.79. The monoisotopic (exact) mass is 380 g/mol. The van der Waals surface area contributed by atoms with Crippen LogP contribution in [0.25, 0.3) is 5.69 Å². The Morgan fingerprint density at radius 1 is 1.07 bits per heavy atom. The van der Waals surface area contributed by atoms with Gasteiger partial charge in [-0.3, -0.25) is 9.59 Å². The lowest BCUT2D eigenvalue weighted by Crippen LogP contribution is -2.32. The van der Waals surface area contributed by atoms with Gasteiger partial charge in [0.1, 0.15) is 5.82 Å². The Bertz CT molecular complexity index is 982. The number of halogens is 1. The van der Waals surface area contributed by atoms with Crippen LogP contribution in [0.3, 0.4) is 0 Å². The van der Waals surface area contributed by atoms with Gasteiger partial charge in [-0.15, -0.1) is 0 Å². The minimum Gasteiger partial charge on any atom is -0.350 e. The van der Waals surface area contributed by atoms with Gasteiger partial charge in [0.2, 0.25) is 0 Å². The molecule has 0 saturated carbocycles. The zero-order valence-electron chi connectivity index (χ0n) is 15.6. The number of amides is 2. The lowest BCUT2D eigenvalue weighted by atomic mass is 10.1. The topological polar surface area (TPSA) is 76.0 Å². The van der Waals surface area contributed by atoms with Crippen molar-refractivity contribution in [2.45, 2.75) is 26.3 Å². The summed E-state index contributed by atoms with van der Waals surface area (Å²) in [6.45, 7) is 3.90. The van der Waals surface area contributed by atoms with E-state index >= 15 is 0 Å². The maximum atomic E-state index is 13.1. The summed E-state index contributed by atoms with van der Waals surface area (Å²) in [6, 6.07) is 14.2. The summed E-state index contributed by atoms with van der Waals surface area (Å²) >= 11 is 0. The Kier molecular flexibility index (Phi) is 5.84. The number of nitrogens with zero attached hydrogens (tertiary/aromatic N) is 2. The van der Waals surface area contributed by atoms with Gasteiger partial charge < -0.3 is 10.6 Å². The van der Waals surface area contributed by atoms with Gasteiger partial charge in [-0.05, 0) is 55.8 Å². The number of hydrogen-bond acceptors (Lipinski definition) is 3. The smallest absolute Gasteiger partial charge is 0.276 e. The third kappa shape index (κ3) is 4.43. The SMILES string of the molecule is CCC(C)NC(=O)c1ccccc1NC(=O)c1ccn(-c2ccc(F)cc2)n1. The molecule has 7 heteroatoms. The number of anilines is 1. The second-order valence-corrected chi connectivity index (χ2v) is 6.40. The molecule has 2 amide bonds. The summed E-state index contributed by atoms with van der Waals surface area (Å²) in [4.78, 5) is 25.0. The van der Waals surface area contributed by atoms with Crippen LogP contribution in [-0.4, -0.2) is 27.6 Å². The first-order valence-corrected chi connectivity index (χ1v) is 9.00. The van der Waals surface area contributed by atoms with Gasteiger partial charge in [0.15, 0.2) is 5.69 Å². The van der Waals surface area contributed by atoms with Crippen LogP contribution in [0, 0.1) is 5.82 Å². The molecule has 3 rings (SSSR count). The molecule has 3 aromatic rings. The van der Waals surface area contributed by atoms with Gasteiger partial charge >= 0.3 is 0 Å². The molecule has 0 bridgehead atoms. The Balaban J connectivity index is 1.77. The molecule has 0 aliphatic rings. The highest BCUT2D eigenvalue weighted by Gasteiger charge is 2.16. The number of rotatable bonds is 6. The van der Waals surface area contributed by atoms with Crippen molar-refractivity contribution in [3.05, 3.63) is 77.9 Å². The minimum absolute atomic E-state index is 0.0302. The van der Waals surface area contributed by atoms with Crippen LogP contribution in [0.4, 0.5) is 10.1 Å². The molecule has 0 radical (unpaired) electrons. The molecular weight excluding hydrogens is 359 g/mol. The van der Waals surface area contributed by atoms with E-state index in [1.54, 1.807) is 48.7 Å². The van der Waals surface area contributed by atoms with Crippen molar-refractivity contribution >= 4 is 17.5 Å². The van der Waals surface area contributed by atoms with Crippen molar-refractivity contribution in [3.8, 4) is 5.69 Å². The number of carbonyl (C=O) groups excluding carboxylic acids is 2. The van der Waals surface area contributed by atoms with Gasteiger partial charge in [0.05, 0.1) is 16.9 Å². The van der Waals surface area contributed by atoms with Crippen LogP contribution < -0.4 is 10.6 Å². The largest absolute Gasteiger partial charge is 0.350 e. The Morgan fingerprint density at radius 3 is 2.50 bits per heavy atom. The summed E-state index contributed by atoms with van der Waals surface area (Å²) in [6.07, 6.45) is 2.42. The number of aromatic nitrogens is 2. The summed E-state index contributed by atoms with van der Waals surface area (Å²) in [5.41, 5.74) is 1.61. The predicted molar refractivity (Wildman–Crippen MR) is 105 cm³/mol. The summed E-state index contributed by atoms with van der Waals surface area (Å²) in [5, 5.41) is 9.85. The number of benzene rings is 2. The van der Waals surface area contributed by atoms with E-state index in [2.05, 4.69) is 15.7 Å². The van der Waals surface area contributed by atoms with Crippen molar-refractivity contribution in [2.75, 3.05) is 5.32 Å². The number of nitrogens with one attached hydrogen (secondary N) is 2. The third-order valence-electron chi connectivity index (χ3n) is 4.32. The van der Waals surface area contributed by atoms with E-state index < -0.39 is 5.91 Å². The van der Waals surface area contributed by atoms with E-state index in [0.29, 0.717) is 16.9 Å². The van der Waals surface area contributed by atoms with E-state index in [1.165, 1.54) is 16.8 Å². The molecule has 144 valence electrons. The molecular formula is C21H21FN4O2. The van der Waals surface area contributed by atoms with Gasteiger partial charge in [0.25, 0.3) is 11.8 Å². The first kappa shape index (κ1) is 19.3. The second-order valence-electron chi connectivity index (χ2n) is 6.40. The van der Waals surface area contributed by atoms with Crippen molar-refractivity contribution < 1.29 is 14.0 Å². The highest BCUT2D eigenvalue weighted by molar-refractivity contribution is 6.08. The molecule has 0 aliphatic carbocycles. The lowest BCUT2D eigenvalue weighted by molar-refractivity contribution is 0.0940. The van der Waals surface area contributed by atoms with Crippen molar-refractivity contribution in [3.63, 3.8) is 0 Å². The van der Waals surface area contributed by atoms with E-state index in [4.69, 9.17) is 0 Å². The molecule has 0 saturated heterocycles. The summed E-state index contributed by atoms with van der Waals surface area (Å²) < 4.78 is 14.5. The standard InChI is InChI=1S/C21H21FN4O2/c1-3-14(2)23-20(27)17-6-4-5-7-18(17)24-21(28)19-12-13-26(25-19)16-10-8-15(22)9-11-16/h4-14H,3H2,1-2H3,(H,23,27)(H,24,28). The Morgan fingerprint density at radius 2 is 1.79 bits per heavy atom. The number of hydrogen-bond donors (Lipinski definition) is 2. The van der Waals surface area contributed by atoms with Crippen LogP contribution in [0.15, 0.2) is 60.8 Å². The van der Waals surface area contributed by atoms with Gasteiger partial charge in [-0.2, -0.15) is 5.10 Å². The van der Waals surface area contributed by atoms with Crippen molar-refractivity contribution in [1.29, 1.82) is 0 Å². The van der Waals surface area contributed by atoms with Crippen molar-refractivity contribution in [2.24, 2.45) is 0 Å². The zero-order valence-corrected chi connectivity index (χ0v) is 15.6. The summed E-state index contributed by atoms with van der Waals surface area (Å²) in [7, 11) is 0. The van der Waals surface area contributed by atoms with Crippen LogP contribution >= 0.6 is 0 Å². The van der Waals surface area contributed by atoms with Gasteiger partial charge in [0, 0.05) is 12.2 Å². The zero-order chi connectivity index (χ0) is 20.1. The quantitative estimate of drug-likeness (QED) is 0.683. The molecule has 0 spiro atoms. The number of para-hydroxylation sites is 1. The maximum absolute atomic E-state index is 13.1. The highest BCUT2D eigenvalue weighted by atomic mass is 19.1. The van der Waals surface area contributed by atoms with Gasteiger partial charge in [-0.1, -0.05) is 19.1 Å². The average molecular weight is 380 g/mol. The summed E-state index contributed by atoms with van der Waals surface area (Å²) in [5.74, 6) is -1.03. The normalized spacial score (nSPS) is 11.7. The molecule has 0 aliphatic heterocycles. The molecule has 2 aromatic carbocycles. The van der Waals surface area contributed by atoms with Crippen LogP contribution in [-0.2, 0) is 0 Å². The molecule has 1 aromatic heterocycles. The lowest BCUT2D eigenvalue weighted by Gasteiger charge is -2.14. The van der Waals surface area contributed by atoms with Crippen LogP contribution in [0.2, 0.25) is 0 Å². The van der Waals surface area contributed by atoms with E-state index in [1.807, 2.05) is 13.8 Å². The Hall–Kier alpha value is -3.48. The fourth-order valence-electron chi connectivity index (χ4n) is 2.56. The van der Waals surface area contributed by atoms with E-state index in [9.17, 15) is 14.0 Å². The third-order valence-corrected chi connectivity index (χ3v) is 4.32. The molecule has 6 nitrogen and oxygen atoms in total. The van der Waals surface area contributed by atoms with Crippen LogP contribution in [0.1, 0.15) is 41.1 Å². The molecule has 1 heterocycles. The first-order chi connectivity index (χ1) is 13.5. The van der Waals surface area contributed by atoms with E-state index in [-0.39, 0.29) is 23.5 Å². The maximum Gasteiger partial charge on any atom is 0.276 e. The molecule has 2 N–H and O–H groups in total. The Labute approximate surface area is 162 Å². The molecule has 1 atom stereocenters. The highest BCUT2D eigenvalue weighted by Crippen LogP contribution is 2.17. The van der Waals surface area contributed by atoms with Crippen molar-refractivity contribution in [1.82, 2.24) is 15.1 Å². The van der Waals surface area contributed by atoms with Gasteiger partial charge in [-0.25, -0.2) is 9.07 Å².